The highest BCUT2D eigenvalue weighted by molar-refractivity contribution is 5.84. The fraction of sp³-hybridized carbons (Fsp3) is 0.765. The third kappa shape index (κ3) is 5.89. The average Bonchev–Trinajstić information content (AvgIpc) is 3.32. The average molecular weight is 309 g/mol. The van der Waals surface area contributed by atoms with Crippen LogP contribution < -0.4 is 5.32 Å². The van der Waals surface area contributed by atoms with Crippen LogP contribution in [0.25, 0.3) is 0 Å². The topological polar surface area (TPSA) is 62.6 Å². The Bertz CT molecular complexity index is 362. The highest BCUT2D eigenvalue weighted by Crippen LogP contribution is 2.19. The van der Waals surface area contributed by atoms with Gasteiger partial charge in [0.15, 0.2) is 0 Å². The van der Waals surface area contributed by atoms with Crippen LogP contribution in [0.3, 0.4) is 0 Å². The molecule has 0 bridgehead atoms. The van der Waals surface area contributed by atoms with Gasteiger partial charge in [-0.1, -0.05) is 19.9 Å². The fourth-order valence-corrected chi connectivity index (χ4v) is 2.68. The molecule has 0 aromatic rings. The van der Waals surface area contributed by atoms with Crippen molar-refractivity contribution in [1.82, 2.24) is 15.1 Å². The number of aldehydes is 1. The van der Waals surface area contributed by atoms with Gasteiger partial charge in [0.25, 0.3) is 0 Å². The van der Waals surface area contributed by atoms with E-state index in [-0.39, 0.29) is 12.1 Å². The third-order valence-electron chi connectivity index (χ3n) is 4.31. The zero-order chi connectivity index (χ0) is 16.7. The van der Waals surface area contributed by atoms with Crippen molar-refractivity contribution < 1.29 is 9.59 Å². The predicted molar refractivity (Wildman–Crippen MR) is 89.7 cm³/mol. The smallest absolute Gasteiger partial charge is 0.241 e. The van der Waals surface area contributed by atoms with E-state index in [9.17, 15) is 9.59 Å². The predicted octanol–water partition coefficient (Wildman–Crippen LogP) is 1.15. The van der Waals surface area contributed by atoms with Gasteiger partial charge in [0, 0.05) is 19.6 Å². The molecule has 0 spiro atoms. The Labute approximate surface area is 134 Å². The van der Waals surface area contributed by atoms with Gasteiger partial charge in [-0.15, -0.1) is 6.58 Å². The summed E-state index contributed by atoms with van der Waals surface area (Å²) < 4.78 is 0. The van der Waals surface area contributed by atoms with Crippen molar-refractivity contribution in [3.05, 3.63) is 12.7 Å². The molecule has 5 heteroatoms. The monoisotopic (exact) mass is 309 g/mol. The molecule has 2 aliphatic rings. The van der Waals surface area contributed by atoms with Crippen LogP contribution >= 0.6 is 0 Å². The lowest BCUT2D eigenvalue weighted by Crippen LogP contribution is -2.41. The number of nitrogens with zero attached hydrogens (tertiary/aromatic N) is 2. The van der Waals surface area contributed by atoms with Crippen LogP contribution in [0.15, 0.2) is 12.7 Å². The summed E-state index contributed by atoms with van der Waals surface area (Å²) in [5, 5.41) is 3.05. The van der Waals surface area contributed by atoms with E-state index >= 15 is 0 Å². The molecule has 2 unspecified atom stereocenters. The van der Waals surface area contributed by atoms with E-state index in [0.717, 1.165) is 38.8 Å². The summed E-state index contributed by atoms with van der Waals surface area (Å²) in [5.74, 6) is 1.33. The molecule has 2 rings (SSSR count). The number of amides is 1. The zero-order valence-corrected chi connectivity index (χ0v) is 14.4. The van der Waals surface area contributed by atoms with Gasteiger partial charge in [0.1, 0.15) is 6.29 Å². The van der Waals surface area contributed by atoms with Gasteiger partial charge in [-0.2, -0.15) is 0 Å². The molecule has 22 heavy (non-hydrogen) atoms. The molecular weight excluding hydrogens is 278 g/mol. The molecular formula is C17H31N3O2. The van der Waals surface area contributed by atoms with Gasteiger partial charge in [-0.25, -0.2) is 0 Å². The van der Waals surface area contributed by atoms with E-state index in [0.29, 0.717) is 17.7 Å². The Morgan fingerprint density at radius 1 is 1.32 bits per heavy atom. The van der Waals surface area contributed by atoms with Crippen molar-refractivity contribution >= 4 is 12.2 Å². The number of hydrogen-bond acceptors (Lipinski definition) is 4. The zero-order valence-electron chi connectivity index (χ0n) is 14.4. The van der Waals surface area contributed by atoms with Gasteiger partial charge in [0.05, 0.1) is 12.1 Å². The Kier molecular flexibility index (Phi) is 7.76. The molecule has 0 aromatic heterocycles. The van der Waals surface area contributed by atoms with E-state index in [1.165, 1.54) is 0 Å². The normalized spacial score (nSPS) is 22.8. The molecule has 2 fully saturated rings. The van der Waals surface area contributed by atoms with Crippen molar-refractivity contribution in [1.29, 1.82) is 0 Å². The highest BCUT2D eigenvalue weighted by atomic mass is 16.2. The number of rotatable bonds is 5. The Morgan fingerprint density at radius 3 is 2.14 bits per heavy atom. The maximum Gasteiger partial charge on any atom is 0.241 e. The lowest BCUT2D eigenvalue weighted by molar-refractivity contribution is -0.131. The van der Waals surface area contributed by atoms with Crippen LogP contribution in [-0.4, -0.2) is 67.8 Å². The molecule has 0 aliphatic carbocycles. The number of allylic oxidation sites excluding steroid dienone is 1. The van der Waals surface area contributed by atoms with Crippen LogP contribution in [0.1, 0.15) is 26.7 Å². The van der Waals surface area contributed by atoms with E-state index in [2.05, 4.69) is 11.9 Å². The third-order valence-corrected chi connectivity index (χ3v) is 4.31. The number of carbonyl (C=O) groups is 2. The van der Waals surface area contributed by atoms with Gasteiger partial charge in [0.2, 0.25) is 5.91 Å². The first-order chi connectivity index (χ1) is 10.4. The maximum absolute atomic E-state index is 11.6. The minimum Gasteiger partial charge on any atom is -0.341 e. The van der Waals surface area contributed by atoms with Gasteiger partial charge in [-0.05, 0) is 38.8 Å². The van der Waals surface area contributed by atoms with Crippen LogP contribution in [0.4, 0.5) is 0 Å². The lowest BCUT2D eigenvalue weighted by Gasteiger charge is -2.30. The first kappa shape index (κ1) is 18.8. The summed E-state index contributed by atoms with van der Waals surface area (Å²) in [6.07, 6.45) is 5.17. The lowest BCUT2D eigenvalue weighted by atomic mass is 9.97. The summed E-state index contributed by atoms with van der Waals surface area (Å²) in [5.41, 5.74) is 0. The second-order valence-electron chi connectivity index (χ2n) is 6.69. The maximum atomic E-state index is 11.6. The number of likely N-dealkylation sites (tertiary alicyclic amines) is 1. The largest absolute Gasteiger partial charge is 0.341 e. The van der Waals surface area contributed by atoms with E-state index in [1.807, 2.05) is 43.8 Å². The van der Waals surface area contributed by atoms with Gasteiger partial charge >= 0.3 is 0 Å². The molecule has 2 heterocycles. The molecule has 2 atom stereocenters. The van der Waals surface area contributed by atoms with Crippen molar-refractivity contribution in [2.45, 2.75) is 38.8 Å². The Hall–Kier alpha value is -1.20. The molecule has 0 radical (unpaired) electrons. The second kappa shape index (κ2) is 9.06. The van der Waals surface area contributed by atoms with Gasteiger partial charge in [-0.3, -0.25) is 9.69 Å². The SMILES string of the molecule is C=CC1CCN(C(=O)C2CN2)CC1.CC(C)C(C=O)N(C)C. The minimum absolute atomic E-state index is 0.0741. The quantitative estimate of drug-likeness (QED) is 0.470. The summed E-state index contributed by atoms with van der Waals surface area (Å²) in [4.78, 5) is 25.8. The number of piperidine rings is 1. The molecule has 0 saturated carbocycles. The molecule has 1 N–H and O–H groups in total. The summed E-state index contributed by atoms with van der Waals surface area (Å²) in [6, 6.07) is 0.213. The second-order valence-corrected chi connectivity index (χ2v) is 6.69. The van der Waals surface area contributed by atoms with E-state index in [1.54, 1.807) is 0 Å². The Balaban J connectivity index is 0.000000239. The Morgan fingerprint density at radius 2 is 1.86 bits per heavy atom. The number of nitrogens with one attached hydrogen (secondary N) is 1. The molecule has 2 aliphatic heterocycles. The number of likely N-dealkylation sites (N-methyl/N-ethyl adjacent to an activating group) is 1. The molecule has 0 aromatic carbocycles. The number of carbonyl (C=O) groups excluding carboxylic acids is 2. The number of hydrogen-bond donors (Lipinski definition) is 1. The molecule has 2 saturated heterocycles. The van der Waals surface area contributed by atoms with E-state index < -0.39 is 0 Å². The van der Waals surface area contributed by atoms with Crippen LogP contribution in [0, 0.1) is 11.8 Å². The fourth-order valence-electron chi connectivity index (χ4n) is 2.68. The van der Waals surface area contributed by atoms with Crippen molar-refractivity contribution in [3.8, 4) is 0 Å². The first-order valence-corrected chi connectivity index (χ1v) is 8.17. The van der Waals surface area contributed by atoms with Crippen molar-refractivity contribution in [2.75, 3.05) is 33.7 Å². The van der Waals surface area contributed by atoms with Crippen molar-refractivity contribution in [3.63, 3.8) is 0 Å². The molecule has 126 valence electrons. The van der Waals surface area contributed by atoms with Crippen LogP contribution in [0.2, 0.25) is 0 Å². The van der Waals surface area contributed by atoms with E-state index in [4.69, 9.17) is 0 Å². The standard InChI is InChI=1S/C10H16N2O.C7H15NO/c1-2-8-3-5-12(6-4-8)10(13)9-7-11-9;1-6(2)7(5-9)8(3)4/h2,8-9,11H,1,3-7H2;5-7H,1-4H3. The van der Waals surface area contributed by atoms with Gasteiger partial charge < -0.3 is 15.0 Å². The van der Waals surface area contributed by atoms with Crippen LogP contribution in [0.5, 0.6) is 0 Å². The van der Waals surface area contributed by atoms with Crippen molar-refractivity contribution in [2.24, 2.45) is 11.8 Å². The first-order valence-electron chi connectivity index (χ1n) is 8.17. The van der Waals surface area contributed by atoms with Crippen LogP contribution in [-0.2, 0) is 9.59 Å². The minimum atomic E-state index is 0.0741. The highest BCUT2D eigenvalue weighted by Gasteiger charge is 2.33. The summed E-state index contributed by atoms with van der Waals surface area (Å²) in [6.45, 7) is 10.6. The summed E-state index contributed by atoms with van der Waals surface area (Å²) >= 11 is 0. The molecule has 1 amide bonds. The molecule has 5 nitrogen and oxygen atoms in total. The summed E-state index contributed by atoms with van der Waals surface area (Å²) in [7, 11) is 3.83.